The highest BCUT2D eigenvalue weighted by Crippen LogP contribution is 2.22. The normalized spacial score (nSPS) is 11.3. The predicted octanol–water partition coefficient (Wildman–Crippen LogP) is 5.31. The van der Waals surface area contributed by atoms with Crippen molar-refractivity contribution in [2.75, 3.05) is 0 Å². The minimum absolute atomic E-state index is 0.324. The smallest absolute Gasteiger partial charge is 0.210 e. The van der Waals surface area contributed by atoms with E-state index >= 15 is 0 Å². The maximum Gasteiger partial charge on any atom is 0.210 e. The molecule has 0 spiro atoms. The third-order valence-electron chi connectivity index (χ3n) is 3.67. The van der Waals surface area contributed by atoms with Crippen LogP contribution in [-0.2, 0) is 4.74 Å². The molecule has 116 valence electrons. The van der Waals surface area contributed by atoms with E-state index < -0.39 is 6.10 Å². The molecular formula is C21H15NOS. The number of ether oxygens (including phenoxy) is 1. The maximum atomic E-state index is 9.33. The molecule has 0 aliphatic carbocycles. The van der Waals surface area contributed by atoms with Crippen LogP contribution in [0, 0.1) is 11.3 Å². The molecule has 0 fully saturated rings. The van der Waals surface area contributed by atoms with Gasteiger partial charge in [0.2, 0.25) is 6.10 Å². The van der Waals surface area contributed by atoms with Gasteiger partial charge >= 0.3 is 0 Å². The first-order valence-electron chi connectivity index (χ1n) is 7.59. The molecule has 0 aromatic heterocycles. The Hall–Kier alpha value is -2.96. The lowest BCUT2D eigenvalue weighted by molar-refractivity contribution is 0.257. The van der Waals surface area contributed by atoms with Crippen LogP contribution in [0.5, 0.6) is 0 Å². The Morgan fingerprint density at radius 3 is 1.92 bits per heavy atom. The second-order valence-electron chi connectivity index (χ2n) is 5.27. The first kappa shape index (κ1) is 15.9. The Morgan fingerprint density at radius 2 is 1.33 bits per heavy atom. The van der Waals surface area contributed by atoms with Crippen LogP contribution in [0.4, 0.5) is 0 Å². The summed E-state index contributed by atoms with van der Waals surface area (Å²) in [4.78, 5) is 0. The summed E-state index contributed by atoms with van der Waals surface area (Å²) in [5, 5.41) is 9.66. The van der Waals surface area contributed by atoms with Crippen LogP contribution in [-0.4, -0.2) is 5.05 Å². The summed E-state index contributed by atoms with van der Waals surface area (Å²) in [5.41, 5.74) is 3.85. The van der Waals surface area contributed by atoms with Gasteiger partial charge < -0.3 is 4.74 Å². The molecule has 0 N–H and O–H groups in total. The highest BCUT2D eigenvalue weighted by molar-refractivity contribution is 7.80. The molecule has 0 aliphatic rings. The van der Waals surface area contributed by atoms with Crippen molar-refractivity contribution in [3.05, 3.63) is 96.1 Å². The fourth-order valence-corrected chi connectivity index (χ4v) is 2.63. The van der Waals surface area contributed by atoms with E-state index in [0.29, 0.717) is 5.05 Å². The molecule has 0 radical (unpaired) electrons. The van der Waals surface area contributed by atoms with Crippen molar-refractivity contribution in [2.24, 2.45) is 0 Å². The first-order valence-corrected chi connectivity index (χ1v) is 8.00. The van der Waals surface area contributed by atoms with Crippen LogP contribution in [0.1, 0.15) is 17.2 Å². The fraction of sp³-hybridized carbons (Fsp3) is 0.0476. The maximum absolute atomic E-state index is 9.33. The molecule has 0 saturated heterocycles. The zero-order valence-corrected chi connectivity index (χ0v) is 13.7. The summed E-state index contributed by atoms with van der Waals surface area (Å²) in [5.74, 6) is 0. The molecule has 0 amide bonds. The highest BCUT2D eigenvalue weighted by atomic mass is 32.1. The molecule has 0 saturated carbocycles. The zero-order valence-electron chi connectivity index (χ0n) is 12.9. The Morgan fingerprint density at radius 1 is 0.792 bits per heavy atom. The summed E-state index contributed by atoms with van der Waals surface area (Å²) in [7, 11) is 0. The Bertz CT molecular complexity index is 852. The van der Waals surface area contributed by atoms with Gasteiger partial charge in [-0.1, -0.05) is 72.8 Å². The second-order valence-corrected chi connectivity index (χ2v) is 5.64. The van der Waals surface area contributed by atoms with Crippen LogP contribution in [0.25, 0.3) is 11.1 Å². The summed E-state index contributed by atoms with van der Waals surface area (Å²) in [6.45, 7) is 0. The Balaban J connectivity index is 1.75. The summed E-state index contributed by atoms with van der Waals surface area (Å²) in [6, 6.07) is 29.5. The van der Waals surface area contributed by atoms with E-state index in [9.17, 15) is 5.26 Å². The van der Waals surface area contributed by atoms with Gasteiger partial charge in [0.1, 0.15) is 6.07 Å². The van der Waals surface area contributed by atoms with Gasteiger partial charge in [-0.05, 0) is 35.5 Å². The lowest BCUT2D eigenvalue weighted by Gasteiger charge is -2.13. The van der Waals surface area contributed by atoms with Gasteiger partial charge in [0.25, 0.3) is 0 Å². The number of hydrogen-bond donors (Lipinski definition) is 0. The average molecular weight is 329 g/mol. The van der Waals surface area contributed by atoms with Crippen molar-refractivity contribution in [3.8, 4) is 17.2 Å². The first-order chi connectivity index (χ1) is 11.8. The summed E-state index contributed by atoms with van der Waals surface area (Å²) < 4.78 is 5.69. The summed E-state index contributed by atoms with van der Waals surface area (Å²) in [6.07, 6.45) is -0.701. The zero-order chi connectivity index (χ0) is 16.8. The molecule has 3 aromatic carbocycles. The largest absolute Gasteiger partial charge is 0.460 e. The number of rotatable bonds is 4. The van der Waals surface area contributed by atoms with Crippen LogP contribution >= 0.6 is 12.2 Å². The van der Waals surface area contributed by atoms with Gasteiger partial charge in [-0.25, -0.2) is 0 Å². The number of nitrogens with zero attached hydrogens (tertiary/aromatic N) is 1. The van der Waals surface area contributed by atoms with E-state index in [1.54, 1.807) is 0 Å². The topological polar surface area (TPSA) is 33.0 Å². The quantitative estimate of drug-likeness (QED) is 0.608. The van der Waals surface area contributed by atoms with E-state index in [-0.39, 0.29) is 0 Å². The predicted molar refractivity (Wildman–Crippen MR) is 99.5 cm³/mol. The van der Waals surface area contributed by atoms with Gasteiger partial charge in [-0.15, -0.1) is 0 Å². The molecule has 3 aromatic rings. The third-order valence-corrected chi connectivity index (χ3v) is 4.00. The van der Waals surface area contributed by atoms with Gasteiger partial charge in [-0.3, -0.25) is 0 Å². The lowest BCUT2D eigenvalue weighted by atomic mass is 10.0. The standard InChI is InChI=1S/C21H15NOS/c22-15-20(18-9-5-2-6-10-18)23-21(24)19-13-11-17(12-14-19)16-7-3-1-4-8-16/h1-14,20H. The van der Waals surface area contributed by atoms with E-state index in [1.165, 1.54) is 0 Å². The Kier molecular flexibility index (Phi) is 5.00. The SMILES string of the molecule is N#CC(OC(=S)c1ccc(-c2ccccc2)cc1)c1ccccc1. The molecule has 24 heavy (non-hydrogen) atoms. The second kappa shape index (κ2) is 7.54. The molecule has 0 heterocycles. The minimum atomic E-state index is -0.701. The van der Waals surface area contributed by atoms with E-state index in [2.05, 4.69) is 18.2 Å². The van der Waals surface area contributed by atoms with Crippen molar-refractivity contribution < 1.29 is 4.74 Å². The van der Waals surface area contributed by atoms with Crippen molar-refractivity contribution in [1.82, 2.24) is 0 Å². The van der Waals surface area contributed by atoms with Gasteiger partial charge in [0, 0.05) is 11.1 Å². The van der Waals surface area contributed by atoms with Crippen LogP contribution in [0.3, 0.4) is 0 Å². The van der Waals surface area contributed by atoms with E-state index in [0.717, 1.165) is 22.3 Å². The Labute approximate surface area is 147 Å². The molecule has 1 unspecified atom stereocenters. The number of benzene rings is 3. The average Bonchev–Trinajstić information content (AvgIpc) is 2.67. The van der Waals surface area contributed by atoms with Crippen molar-refractivity contribution in [1.29, 1.82) is 5.26 Å². The molecule has 1 atom stereocenters. The molecule has 3 rings (SSSR count). The van der Waals surface area contributed by atoms with Crippen LogP contribution < -0.4 is 0 Å². The van der Waals surface area contributed by atoms with Crippen molar-refractivity contribution in [2.45, 2.75) is 6.10 Å². The lowest BCUT2D eigenvalue weighted by Crippen LogP contribution is -2.09. The fourth-order valence-electron chi connectivity index (χ4n) is 2.40. The molecule has 0 bridgehead atoms. The van der Waals surface area contributed by atoms with E-state index in [4.69, 9.17) is 17.0 Å². The van der Waals surface area contributed by atoms with E-state index in [1.807, 2.05) is 72.8 Å². The van der Waals surface area contributed by atoms with Gasteiger partial charge in [-0.2, -0.15) is 5.26 Å². The highest BCUT2D eigenvalue weighted by Gasteiger charge is 2.14. The monoisotopic (exact) mass is 329 g/mol. The van der Waals surface area contributed by atoms with Crippen molar-refractivity contribution in [3.63, 3.8) is 0 Å². The van der Waals surface area contributed by atoms with Crippen LogP contribution in [0.2, 0.25) is 0 Å². The van der Waals surface area contributed by atoms with Gasteiger partial charge in [0.05, 0.1) is 0 Å². The van der Waals surface area contributed by atoms with Gasteiger partial charge in [0.15, 0.2) is 5.05 Å². The number of thiocarbonyl (C=S) groups is 1. The van der Waals surface area contributed by atoms with Crippen LogP contribution in [0.15, 0.2) is 84.9 Å². The third kappa shape index (κ3) is 3.68. The molecule has 2 nitrogen and oxygen atoms in total. The molecule has 3 heteroatoms. The molecule has 0 aliphatic heterocycles. The summed E-state index contributed by atoms with van der Waals surface area (Å²) >= 11 is 5.35. The number of hydrogen-bond acceptors (Lipinski definition) is 3. The molecular weight excluding hydrogens is 314 g/mol. The number of nitriles is 1. The minimum Gasteiger partial charge on any atom is -0.460 e. The van der Waals surface area contributed by atoms with Crippen molar-refractivity contribution >= 4 is 17.3 Å².